The maximum absolute atomic E-state index is 5.46. The summed E-state index contributed by atoms with van der Waals surface area (Å²) in [5.74, 6) is 0.723. The predicted octanol–water partition coefficient (Wildman–Crippen LogP) is 3.07. The second-order valence-electron chi connectivity index (χ2n) is 4.99. The molecule has 0 aromatic heterocycles. The molecule has 2 unspecified atom stereocenters. The lowest BCUT2D eigenvalue weighted by molar-refractivity contribution is 0.181. The Balaban J connectivity index is 2.02. The Morgan fingerprint density at radius 1 is 1.35 bits per heavy atom. The standard InChI is InChI=1S/C15H23NO/c1-3-16-15(10-13-8-9-17-11-13)14-6-4-12(2)5-7-14/h4-7,13,15-16H,3,8-11H2,1-2H3. The van der Waals surface area contributed by atoms with E-state index >= 15 is 0 Å². The van der Waals surface area contributed by atoms with Crippen molar-refractivity contribution in [1.29, 1.82) is 0 Å². The van der Waals surface area contributed by atoms with Gasteiger partial charge in [0.2, 0.25) is 0 Å². The normalized spacial score (nSPS) is 21.6. The van der Waals surface area contributed by atoms with Crippen molar-refractivity contribution in [2.24, 2.45) is 5.92 Å². The van der Waals surface area contributed by atoms with Gasteiger partial charge in [-0.15, -0.1) is 0 Å². The number of benzene rings is 1. The van der Waals surface area contributed by atoms with E-state index in [1.165, 1.54) is 24.0 Å². The molecule has 0 amide bonds. The van der Waals surface area contributed by atoms with Crippen LogP contribution in [0.3, 0.4) is 0 Å². The van der Waals surface area contributed by atoms with Gasteiger partial charge in [-0.05, 0) is 37.8 Å². The molecule has 2 rings (SSSR count). The van der Waals surface area contributed by atoms with Crippen LogP contribution in [-0.2, 0) is 4.74 Å². The molecule has 1 aromatic carbocycles. The maximum Gasteiger partial charge on any atom is 0.0495 e. The van der Waals surface area contributed by atoms with Crippen molar-refractivity contribution < 1.29 is 4.74 Å². The maximum atomic E-state index is 5.46. The summed E-state index contributed by atoms with van der Waals surface area (Å²) in [4.78, 5) is 0. The number of hydrogen-bond acceptors (Lipinski definition) is 2. The van der Waals surface area contributed by atoms with Gasteiger partial charge in [0.1, 0.15) is 0 Å². The van der Waals surface area contributed by atoms with Gasteiger partial charge >= 0.3 is 0 Å². The van der Waals surface area contributed by atoms with E-state index in [2.05, 4.69) is 43.4 Å². The summed E-state index contributed by atoms with van der Waals surface area (Å²) in [6, 6.07) is 9.37. The molecule has 17 heavy (non-hydrogen) atoms. The lowest BCUT2D eigenvalue weighted by Gasteiger charge is -2.21. The molecule has 1 N–H and O–H groups in total. The van der Waals surface area contributed by atoms with E-state index in [0.717, 1.165) is 25.7 Å². The molecule has 1 aliphatic rings. The highest BCUT2D eigenvalue weighted by molar-refractivity contribution is 5.24. The highest BCUT2D eigenvalue weighted by Crippen LogP contribution is 2.26. The third-order valence-corrected chi connectivity index (χ3v) is 3.52. The van der Waals surface area contributed by atoms with Gasteiger partial charge in [0, 0.05) is 19.3 Å². The lowest BCUT2D eigenvalue weighted by Crippen LogP contribution is -2.23. The molecule has 0 saturated carbocycles. The minimum atomic E-state index is 0.479. The molecule has 0 aliphatic carbocycles. The minimum absolute atomic E-state index is 0.479. The van der Waals surface area contributed by atoms with Crippen LogP contribution < -0.4 is 5.32 Å². The van der Waals surface area contributed by atoms with Crippen molar-refractivity contribution in [3.05, 3.63) is 35.4 Å². The summed E-state index contributed by atoms with van der Waals surface area (Å²) in [6.45, 7) is 7.21. The van der Waals surface area contributed by atoms with Crippen LogP contribution in [0.15, 0.2) is 24.3 Å². The van der Waals surface area contributed by atoms with Crippen molar-refractivity contribution in [3.63, 3.8) is 0 Å². The van der Waals surface area contributed by atoms with Crippen LogP contribution in [0, 0.1) is 12.8 Å². The van der Waals surface area contributed by atoms with Crippen LogP contribution in [0.5, 0.6) is 0 Å². The molecule has 2 heteroatoms. The molecule has 2 nitrogen and oxygen atoms in total. The number of nitrogens with one attached hydrogen (secondary N) is 1. The summed E-state index contributed by atoms with van der Waals surface area (Å²) < 4.78 is 5.46. The molecular formula is C15H23NO. The molecule has 1 saturated heterocycles. The van der Waals surface area contributed by atoms with E-state index in [4.69, 9.17) is 4.74 Å². The van der Waals surface area contributed by atoms with Gasteiger partial charge in [-0.25, -0.2) is 0 Å². The summed E-state index contributed by atoms with van der Waals surface area (Å²) in [5.41, 5.74) is 2.73. The Bertz CT molecular complexity index is 327. The largest absolute Gasteiger partial charge is 0.381 e. The molecular weight excluding hydrogens is 210 g/mol. The molecule has 0 radical (unpaired) electrons. The quantitative estimate of drug-likeness (QED) is 0.844. The molecule has 0 spiro atoms. The Hall–Kier alpha value is -0.860. The van der Waals surface area contributed by atoms with Crippen LogP contribution in [-0.4, -0.2) is 19.8 Å². The Morgan fingerprint density at radius 2 is 2.12 bits per heavy atom. The van der Waals surface area contributed by atoms with Crippen molar-refractivity contribution in [3.8, 4) is 0 Å². The van der Waals surface area contributed by atoms with E-state index in [0.29, 0.717) is 6.04 Å². The fourth-order valence-electron chi connectivity index (χ4n) is 2.48. The van der Waals surface area contributed by atoms with Crippen LogP contribution in [0.4, 0.5) is 0 Å². The average molecular weight is 233 g/mol. The number of aryl methyl sites for hydroxylation is 1. The van der Waals surface area contributed by atoms with Crippen LogP contribution in [0.2, 0.25) is 0 Å². The topological polar surface area (TPSA) is 21.3 Å². The highest BCUT2D eigenvalue weighted by Gasteiger charge is 2.21. The number of hydrogen-bond donors (Lipinski definition) is 1. The van der Waals surface area contributed by atoms with Gasteiger partial charge in [0.25, 0.3) is 0 Å². The average Bonchev–Trinajstić information content (AvgIpc) is 2.82. The van der Waals surface area contributed by atoms with Gasteiger partial charge < -0.3 is 10.1 Å². The van der Waals surface area contributed by atoms with E-state index in [1.807, 2.05) is 0 Å². The van der Waals surface area contributed by atoms with E-state index in [9.17, 15) is 0 Å². The minimum Gasteiger partial charge on any atom is -0.381 e. The molecule has 2 atom stereocenters. The van der Waals surface area contributed by atoms with Crippen molar-refractivity contribution in [2.45, 2.75) is 32.7 Å². The first-order valence-corrected chi connectivity index (χ1v) is 6.67. The SMILES string of the molecule is CCNC(CC1CCOC1)c1ccc(C)cc1. The monoisotopic (exact) mass is 233 g/mol. The third kappa shape index (κ3) is 3.55. The summed E-state index contributed by atoms with van der Waals surface area (Å²) in [5, 5.41) is 3.59. The van der Waals surface area contributed by atoms with Gasteiger partial charge in [-0.1, -0.05) is 36.8 Å². The lowest BCUT2D eigenvalue weighted by atomic mass is 9.93. The molecule has 1 heterocycles. The first-order valence-electron chi connectivity index (χ1n) is 6.67. The van der Waals surface area contributed by atoms with Crippen molar-refractivity contribution >= 4 is 0 Å². The van der Waals surface area contributed by atoms with Crippen LogP contribution in [0.25, 0.3) is 0 Å². The summed E-state index contributed by atoms with van der Waals surface area (Å²) in [7, 11) is 0. The molecule has 1 aliphatic heterocycles. The second-order valence-corrected chi connectivity index (χ2v) is 4.99. The first-order chi connectivity index (χ1) is 8.29. The van der Waals surface area contributed by atoms with Gasteiger partial charge in [-0.3, -0.25) is 0 Å². The molecule has 94 valence electrons. The van der Waals surface area contributed by atoms with Crippen LogP contribution in [0.1, 0.15) is 36.9 Å². The zero-order valence-electron chi connectivity index (χ0n) is 10.9. The van der Waals surface area contributed by atoms with Crippen LogP contribution >= 0.6 is 0 Å². The zero-order chi connectivity index (χ0) is 12.1. The Kier molecular flexibility index (Phi) is 4.57. The van der Waals surface area contributed by atoms with E-state index in [1.54, 1.807) is 0 Å². The molecule has 1 fully saturated rings. The smallest absolute Gasteiger partial charge is 0.0495 e. The van der Waals surface area contributed by atoms with Gasteiger partial charge in [-0.2, -0.15) is 0 Å². The van der Waals surface area contributed by atoms with E-state index < -0.39 is 0 Å². The van der Waals surface area contributed by atoms with E-state index in [-0.39, 0.29) is 0 Å². The Labute approximate surface area is 104 Å². The highest BCUT2D eigenvalue weighted by atomic mass is 16.5. The van der Waals surface area contributed by atoms with Crippen molar-refractivity contribution in [2.75, 3.05) is 19.8 Å². The van der Waals surface area contributed by atoms with Crippen molar-refractivity contribution in [1.82, 2.24) is 5.32 Å². The second kappa shape index (κ2) is 6.18. The summed E-state index contributed by atoms with van der Waals surface area (Å²) >= 11 is 0. The summed E-state index contributed by atoms with van der Waals surface area (Å²) in [6.07, 6.45) is 2.41. The first kappa shape index (κ1) is 12.6. The Morgan fingerprint density at radius 3 is 2.71 bits per heavy atom. The fourth-order valence-corrected chi connectivity index (χ4v) is 2.48. The molecule has 1 aromatic rings. The van der Waals surface area contributed by atoms with Gasteiger partial charge in [0.15, 0.2) is 0 Å². The van der Waals surface area contributed by atoms with Gasteiger partial charge in [0.05, 0.1) is 0 Å². The molecule has 0 bridgehead atoms. The number of rotatable bonds is 5. The third-order valence-electron chi connectivity index (χ3n) is 3.52. The number of ether oxygens (including phenoxy) is 1. The predicted molar refractivity (Wildman–Crippen MR) is 71.1 cm³/mol. The zero-order valence-corrected chi connectivity index (χ0v) is 10.9. The fraction of sp³-hybridized carbons (Fsp3) is 0.600.